The van der Waals surface area contributed by atoms with Crippen molar-refractivity contribution in [3.05, 3.63) is 42.0 Å². The predicted octanol–water partition coefficient (Wildman–Crippen LogP) is 4.40. The number of piperidine rings is 1. The third-order valence-electron chi connectivity index (χ3n) is 8.20. The molecule has 4 aliphatic rings. The van der Waals surface area contributed by atoms with E-state index in [9.17, 15) is 10.1 Å². The molecule has 194 valence electrons. The molecule has 6 rings (SSSR count). The standard InChI is InChI=1S/C28H34N6O2S/c1-27(18-29)19-34(20-27)37-21-5-6-22(23(17-21)32-11-9-28(7-8-28)10-12-32)26(35)31-24-3-2-4-25(30-24)33-13-15-36-16-14-33/h2-6,17H,7-16,19-20H2,1H3,(H,30,31,35). The minimum atomic E-state index is -0.260. The second-order valence-electron chi connectivity index (χ2n) is 11.2. The summed E-state index contributed by atoms with van der Waals surface area (Å²) in [5.74, 6) is 1.29. The molecule has 1 saturated carbocycles. The number of carbonyl (C=O) groups excluding carboxylic acids is 1. The smallest absolute Gasteiger partial charge is 0.258 e. The maximum atomic E-state index is 13.6. The van der Waals surface area contributed by atoms with Gasteiger partial charge in [-0.15, -0.1) is 0 Å². The van der Waals surface area contributed by atoms with Gasteiger partial charge in [-0.1, -0.05) is 6.07 Å². The van der Waals surface area contributed by atoms with Crippen LogP contribution < -0.4 is 15.1 Å². The number of rotatable bonds is 6. The molecule has 1 spiro atoms. The van der Waals surface area contributed by atoms with Gasteiger partial charge >= 0.3 is 0 Å². The highest BCUT2D eigenvalue weighted by molar-refractivity contribution is 7.97. The van der Waals surface area contributed by atoms with Crippen molar-refractivity contribution in [2.24, 2.45) is 10.8 Å². The third-order valence-corrected chi connectivity index (χ3v) is 9.18. The van der Waals surface area contributed by atoms with E-state index >= 15 is 0 Å². The quantitative estimate of drug-likeness (QED) is 0.563. The fourth-order valence-electron chi connectivity index (χ4n) is 5.58. The van der Waals surface area contributed by atoms with Gasteiger partial charge in [0.05, 0.1) is 35.9 Å². The first-order valence-electron chi connectivity index (χ1n) is 13.3. The normalized spacial score (nSPS) is 22.3. The summed E-state index contributed by atoms with van der Waals surface area (Å²) >= 11 is 1.68. The summed E-state index contributed by atoms with van der Waals surface area (Å²) in [7, 11) is 0. The largest absolute Gasteiger partial charge is 0.378 e. The zero-order valence-corrected chi connectivity index (χ0v) is 22.2. The number of pyridine rings is 1. The van der Waals surface area contributed by atoms with Gasteiger partial charge in [0, 0.05) is 44.2 Å². The zero-order valence-electron chi connectivity index (χ0n) is 21.4. The number of benzene rings is 1. The van der Waals surface area contributed by atoms with Crippen LogP contribution in [0.5, 0.6) is 0 Å². The van der Waals surface area contributed by atoms with Crippen molar-refractivity contribution in [3.63, 3.8) is 0 Å². The molecule has 0 bridgehead atoms. The van der Waals surface area contributed by atoms with Gasteiger partial charge in [-0.05, 0) is 80.3 Å². The Labute approximate surface area is 223 Å². The summed E-state index contributed by atoms with van der Waals surface area (Å²) in [5, 5.41) is 12.4. The molecule has 1 N–H and O–H groups in total. The fourth-order valence-corrected chi connectivity index (χ4v) is 6.87. The van der Waals surface area contributed by atoms with E-state index in [4.69, 9.17) is 9.72 Å². The van der Waals surface area contributed by atoms with E-state index in [-0.39, 0.29) is 11.3 Å². The topological polar surface area (TPSA) is 84.7 Å². The van der Waals surface area contributed by atoms with E-state index in [0.717, 1.165) is 55.7 Å². The van der Waals surface area contributed by atoms with E-state index in [1.807, 2.05) is 37.3 Å². The number of amides is 1. The molecule has 0 unspecified atom stereocenters. The van der Waals surface area contributed by atoms with Gasteiger partial charge in [0.1, 0.15) is 11.6 Å². The molecule has 3 saturated heterocycles. The third kappa shape index (κ3) is 5.28. The number of anilines is 3. The van der Waals surface area contributed by atoms with Crippen LogP contribution in [0.1, 0.15) is 43.0 Å². The molecule has 1 aromatic carbocycles. The molecule has 1 aromatic heterocycles. The van der Waals surface area contributed by atoms with Crippen molar-refractivity contribution in [1.82, 2.24) is 9.29 Å². The first kappa shape index (κ1) is 24.5. The zero-order chi connectivity index (χ0) is 25.5. The van der Waals surface area contributed by atoms with E-state index < -0.39 is 0 Å². The van der Waals surface area contributed by atoms with Gasteiger partial charge in [-0.3, -0.25) is 4.79 Å². The molecule has 2 aromatic rings. The Morgan fingerprint density at radius 1 is 1.05 bits per heavy atom. The van der Waals surface area contributed by atoms with Gasteiger partial charge in [-0.25, -0.2) is 9.29 Å². The van der Waals surface area contributed by atoms with Gasteiger partial charge in [0.2, 0.25) is 0 Å². The van der Waals surface area contributed by atoms with Crippen LogP contribution in [-0.2, 0) is 4.74 Å². The van der Waals surface area contributed by atoms with Crippen LogP contribution >= 0.6 is 11.9 Å². The molecule has 1 aliphatic carbocycles. The highest BCUT2D eigenvalue weighted by Crippen LogP contribution is 2.54. The van der Waals surface area contributed by atoms with Crippen LogP contribution in [-0.4, -0.2) is 67.7 Å². The summed E-state index contributed by atoms with van der Waals surface area (Å²) in [6.07, 6.45) is 5.09. The summed E-state index contributed by atoms with van der Waals surface area (Å²) in [6, 6.07) is 14.3. The Morgan fingerprint density at radius 3 is 2.51 bits per heavy atom. The maximum absolute atomic E-state index is 13.6. The van der Waals surface area contributed by atoms with Crippen LogP contribution in [0.15, 0.2) is 41.3 Å². The second-order valence-corrected chi connectivity index (χ2v) is 12.3. The van der Waals surface area contributed by atoms with Gasteiger partial charge < -0.3 is 19.9 Å². The average molecular weight is 519 g/mol. The highest BCUT2D eigenvalue weighted by atomic mass is 32.2. The molecular formula is C28H34N6O2S. The Hall–Kier alpha value is -2.80. The lowest BCUT2D eigenvalue weighted by molar-refractivity contribution is 0.102. The monoisotopic (exact) mass is 518 g/mol. The minimum absolute atomic E-state index is 0.133. The number of hydrogen-bond acceptors (Lipinski definition) is 8. The van der Waals surface area contributed by atoms with Crippen LogP contribution in [0.3, 0.4) is 0 Å². The van der Waals surface area contributed by atoms with Crippen LogP contribution in [0.4, 0.5) is 17.3 Å². The molecule has 1 amide bonds. The van der Waals surface area contributed by atoms with Crippen molar-refractivity contribution in [2.45, 2.75) is 37.5 Å². The molecule has 37 heavy (non-hydrogen) atoms. The van der Waals surface area contributed by atoms with E-state index in [2.05, 4.69) is 31.6 Å². The Kier molecular flexibility index (Phi) is 6.51. The highest BCUT2D eigenvalue weighted by Gasteiger charge is 2.45. The number of ether oxygens (including phenoxy) is 1. The van der Waals surface area contributed by atoms with E-state index in [0.29, 0.717) is 30.0 Å². The van der Waals surface area contributed by atoms with Crippen LogP contribution in [0, 0.1) is 22.2 Å². The van der Waals surface area contributed by atoms with Gasteiger partial charge in [0.15, 0.2) is 0 Å². The fraction of sp³-hybridized carbons (Fsp3) is 0.536. The summed E-state index contributed by atoms with van der Waals surface area (Å²) in [6.45, 7) is 8.46. The molecule has 0 atom stereocenters. The Balaban J connectivity index is 1.21. The lowest BCUT2D eigenvalue weighted by Crippen LogP contribution is -2.49. The Morgan fingerprint density at radius 2 is 1.81 bits per heavy atom. The molecule has 4 heterocycles. The number of nitrogens with one attached hydrogen (secondary N) is 1. The van der Waals surface area contributed by atoms with Crippen molar-refractivity contribution in [3.8, 4) is 6.07 Å². The summed E-state index contributed by atoms with van der Waals surface area (Å²) < 4.78 is 7.68. The van der Waals surface area contributed by atoms with Crippen molar-refractivity contribution in [2.75, 3.05) is 67.6 Å². The van der Waals surface area contributed by atoms with Crippen molar-refractivity contribution < 1.29 is 9.53 Å². The lowest BCUT2D eigenvalue weighted by Gasteiger charge is -2.42. The molecule has 3 aliphatic heterocycles. The maximum Gasteiger partial charge on any atom is 0.258 e. The number of nitrogens with zero attached hydrogens (tertiary/aromatic N) is 5. The van der Waals surface area contributed by atoms with Crippen molar-refractivity contribution >= 4 is 35.2 Å². The first-order valence-corrected chi connectivity index (χ1v) is 14.1. The molecule has 4 fully saturated rings. The van der Waals surface area contributed by atoms with Crippen molar-refractivity contribution in [1.29, 1.82) is 5.26 Å². The first-order chi connectivity index (χ1) is 17.9. The average Bonchev–Trinajstić information content (AvgIpc) is 3.67. The molecule has 9 heteroatoms. The van der Waals surface area contributed by atoms with Gasteiger partial charge in [-0.2, -0.15) is 5.26 Å². The second kappa shape index (κ2) is 9.82. The number of morpholine rings is 1. The summed E-state index contributed by atoms with van der Waals surface area (Å²) in [5.41, 5.74) is 1.98. The Bertz CT molecular complexity index is 1200. The summed E-state index contributed by atoms with van der Waals surface area (Å²) in [4.78, 5) is 24.0. The minimum Gasteiger partial charge on any atom is -0.378 e. The molecular weight excluding hydrogens is 484 g/mol. The van der Waals surface area contributed by atoms with Gasteiger partial charge in [0.25, 0.3) is 5.91 Å². The predicted molar refractivity (Wildman–Crippen MR) is 146 cm³/mol. The number of carbonyl (C=O) groups is 1. The van der Waals surface area contributed by atoms with E-state index in [1.54, 1.807) is 11.9 Å². The number of hydrogen-bond donors (Lipinski definition) is 1. The van der Waals surface area contributed by atoms with Crippen LogP contribution in [0.25, 0.3) is 0 Å². The molecule has 8 nitrogen and oxygen atoms in total. The number of nitriles is 1. The lowest BCUT2D eigenvalue weighted by atomic mass is 9.86. The van der Waals surface area contributed by atoms with Crippen LogP contribution in [0.2, 0.25) is 0 Å². The SMILES string of the molecule is CC1(C#N)CN(Sc2ccc(C(=O)Nc3cccc(N4CCOCC4)n3)c(N3CCC4(CC3)CC4)c2)C1. The molecule has 0 radical (unpaired) electrons. The number of aromatic nitrogens is 1. The van der Waals surface area contributed by atoms with E-state index in [1.165, 1.54) is 25.7 Å².